The highest BCUT2D eigenvalue weighted by Crippen LogP contribution is 2.32. The second kappa shape index (κ2) is 9.66. The first-order valence-electron chi connectivity index (χ1n) is 10.9. The maximum atomic E-state index is 13.4. The molecule has 30 heavy (non-hydrogen) atoms. The Morgan fingerprint density at radius 2 is 1.80 bits per heavy atom. The summed E-state index contributed by atoms with van der Waals surface area (Å²) in [7, 11) is -0.522. The standard InChI is InChI=1S/C22H35N3O4S/c1-17-13-18(2)16-25(15-17)30(27,28)21-14-19(7-8-20(21)29-4)22(26)23(3)11-12-24-9-5-6-10-24/h7-8,14,17-18H,5-6,9-13,15-16H2,1-4H3. The summed E-state index contributed by atoms with van der Waals surface area (Å²) >= 11 is 0. The summed E-state index contributed by atoms with van der Waals surface area (Å²) in [4.78, 5) is 17.1. The average molecular weight is 438 g/mol. The number of carbonyl (C=O) groups is 1. The molecule has 1 aromatic rings. The highest BCUT2D eigenvalue weighted by Gasteiger charge is 2.34. The molecule has 2 aliphatic heterocycles. The SMILES string of the molecule is COc1ccc(C(=O)N(C)CCN2CCCC2)cc1S(=O)(=O)N1CC(C)CC(C)C1. The van der Waals surface area contributed by atoms with Crippen LogP contribution in [0.2, 0.25) is 0 Å². The molecule has 2 fully saturated rings. The van der Waals surface area contributed by atoms with E-state index < -0.39 is 10.0 Å². The Labute approximate surface area is 181 Å². The molecule has 0 aromatic heterocycles. The topological polar surface area (TPSA) is 70.2 Å². The molecular weight excluding hydrogens is 402 g/mol. The summed E-state index contributed by atoms with van der Waals surface area (Å²) in [6.07, 6.45) is 3.44. The number of likely N-dealkylation sites (tertiary alicyclic amines) is 1. The van der Waals surface area contributed by atoms with E-state index in [0.717, 1.165) is 26.1 Å². The first kappa shape index (κ1) is 23.0. The van der Waals surface area contributed by atoms with Crippen LogP contribution in [0.15, 0.2) is 23.1 Å². The number of amides is 1. The first-order chi connectivity index (χ1) is 14.2. The summed E-state index contributed by atoms with van der Waals surface area (Å²) < 4.78 is 33.7. The summed E-state index contributed by atoms with van der Waals surface area (Å²) in [5.74, 6) is 0.706. The van der Waals surface area contributed by atoms with Crippen LogP contribution in [-0.4, -0.2) is 81.9 Å². The molecule has 168 valence electrons. The summed E-state index contributed by atoms with van der Waals surface area (Å²) in [5.41, 5.74) is 0.372. The van der Waals surface area contributed by atoms with E-state index >= 15 is 0 Å². The van der Waals surface area contributed by atoms with Crippen molar-refractivity contribution in [3.63, 3.8) is 0 Å². The second-order valence-electron chi connectivity index (χ2n) is 8.91. The number of sulfonamides is 1. The highest BCUT2D eigenvalue weighted by molar-refractivity contribution is 7.89. The molecular formula is C22H35N3O4S. The minimum absolute atomic E-state index is 0.0742. The van der Waals surface area contributed by atoms with Gasteiger partial charge in [-0.1, -0.05) is 13.8 Å². The molecule has 0 saturated carbocycles. The van der Waals surface area contributed by atoms with Crippen LogP contribution in [0.1, 0.15) is 43.5 Å². The summed E-state index contributed by atoms with van der Waals surface area (Å²) in [6, 6.07) is 4.71. The van der Waals surface area contributed by atoms with E-state index in [0.29, 0.717) is 37.0 Å². The van der Waals surface area contributed by atoms with E-state index in [1.807, 2.05) is 0 Å². The molecule has 0 aliphatic carbocycles. The lowest BCUT2D eigenvalue weighted by molar-refractivity contribution is 0.0782. The van der Waals surface area contributed by atoms with Gasteiger partial charge in [-0.15, -0.1) is 0 Å². The zero-order valence-electron chi connectivity index (χ0n) is 18.6. The van der Waals surface area contributed by atoms with Crippen molar-refractivity contribution in [1.82, 2.24) is 14.1 Å². The van der Waals surface area contributed by atoms with Crippen molar-refractivity contribution in [3.8, 4) is 5.75 Å². The number of likely N-dealkylation sites (N-methyl/N-ethyl adjacent to an activating group) is 1. The monoisotopic (exact) mass is 437 g/mol. The van der Waals surface area contributed by atoms with Gasteiger partial charge in [-0.3, -0.25) is 4.79 Å². The fraction of sp³-hybridized carbons (Fsp3) is 0.682. The summed E-state index contributed by atoms with van der Waals surface area (Å²) in [6.45, 7) is 8.75. The van der Waals surface area contributed by atoms with Crippen LogP contribution >= 0.6 is 0 Å². The molecule has 0 bridgehead atoms. The molecule has 3 rings (SSSR count). The van der Waals surface area contributed by atoms with Gasteiger partial charge >= 0.3 is 0 Å². The van der Waals surface area contributed by atoms with Crippen LogP contribution in [0.5, 0.6) is 5.75 Å². The minimum atomic E-state index is -3.75. The Morgan fingerprint density at radius 3 is 2.40 bits per heavy atom. The summed E-state index contributed by atoms with van der Waals surface area (Å²) in [5, 5.41) is 0. The van der Waals surface area contributed by atoms with Crippen LogP contribution in [-0.2, 0) is 10.0 Å². The maximum absolute atomic E-state index is 13.4. The van der Waals surface area contributed by atoms with Crippen molar-refractivity contribution in [2.75, 3.05) is 53.4 Å². The third-order valence-electron chi connectivity index (χ3n) is 6.16. The van der Waals surface area contributed by atoms with Gasteiger partial charge in [-0.05, 0) is 62.4 Å². The lowest BCUT2D eigenvalue weighted by atomic mass is 9.94. The Bertz CT molecular complexity index is 842. The molecule has 2 unspecified atom stereocenters. The molecule has 2 saturated heterocycles. The molecule has 2 atom stereocenters. The number of rotatable bonds is 7. The van der Waals surface area contributed by atoms with Crippen LogP contribution in [0.4, 0.5) is 0 Å². The molecule has 2 aliphatic rings. The Kier molecular flexibility index (Phi) is 7.42. The number of methoxy groups -OCH3 is 1. The predicted molar refractivity (Wildman–Crippen MR) is 117 cm³/mol. The number of ether oxygens (including phenoxy) is 1. The number of nitrogens with zero attached hydrogens (tertiary/aromatic N) is 3. The second-order valence-corrected chi connectivity index (χ2v) is 10.8. The number of benzene rings is 1. The van der Waals surface area contributed by atoms with E-state index in [1.54, 1.807) is 24.1 Å². The van der Waals surface area contributed by atoms with Gasteiger partial charge in [-0.2, -0.15) is 4.31 Å². The quantitative estimate of drug-likeness (QED) is 0.656. The van der Waals surface area contributed by atoms with Crippen molar-refractivity contribution in [2.24, 2.45) is 11.8 Å². The van der Waals surface area contributed by atoms with E-state index in [9.17, 15) is 13.2 Å². The van der Waals surface area contributed by atoms with Crippen LogP contribution in [0, 0.1) is 11.8 Å². The normalized spacial score (nSPS) is 23.5. The van der Waals surface area contributed by atoms with E-state index in [-0.39, 0.29) is 16.6 Å². The first-order valence-corrected chi connectivity index (χ1v) is 12.3. The third kappa shape index (κ3) is 5.15. The lowest BCUT2D eigenvalue weighted by Gasteiger charge is -2.34. The van der Waals surface area contributed by atoms with E-state index in [1.165, 1.54) is 30.3 Å². The van der Waals surface area contributed by atoms with Gasteiger partial charge in [0.25, 0.3) is 5.91 Å². The van der Waals surface area contributed by atoms with Crippen molar-refractivity contribution < 1.29 is 17.9 Å². The molecule has 7 nitrogen and oxygen atoms in total. The Hall–Kier alpha value is -1.64. The zero-order chi connectivity index (χ0) is 21.9. The Morgan fingerprint density at radius 1 is 1.17 bits per heavy atom. The van der Waals surface area contributed by atoms with Gasteiger partial charge < -0.3 is 14.5 Å². The molecule has 8 heteroatoms. The molecule has 0 radical (unpaired) electrons. The highest BCUT2D eigenvalue weighted by atomic mass is 32.2. The van der Waals surface area contributed by atoms with Crippen LogP contribution in [0.3, 0.4) is 0 Å². The number of piperidine rings is 1. The number of hydrogen-bond donors (Lipinski definition) is 0. The Balaban J connectivity index is 1.81. The van der Waals surface area contributed by atoms with Crippen molar-refractivity contribution in [2.45, 2.75) is 38.0 Å². The smallest absolute Gasteiger partial charge is 0.253 e. The number of carbonyl (C=O) groups excluding carboxylic acids is 1. The third-order valence-corrected chi connectivity index (χ3v) is 8.01. The fourth-order valence-electron chi connectivity index (χ4n) is 4.57. The largest absolute Gasteiger partial charge is 0.495 e. The zero-order valence-corrected chi connectivity index (χ0v) is 19.5. The minimum Gasteiger partial charge on any atom is -0.495 e. The van der Waals surface area contributed by atoms with Gasteiger partial charge in [0.1, 0.15) is 10.6 Å². The molecule has 1 amide bonds. The average Bonchev–Trinajstić information content (AvgIpc) is 3.24. The van der Waals surface area contributed by atoms with Crippen molar-refractivity contribution in [1.29, 1.82) is 0 Å². The van der Waals surface area contributed by atoms with Gasteiger partial charge in [0.05, 0.1) is 7.11 Å². The van der Waals surface area contributed by atoms with Gasteiger partial charge in [0, 0.05) is 38.8 Å². The predicted octanol–water partition coefficient (Wildman–Crippen LogP) is 2.53. The van der Waals surface area contributed by atoms with E-state index in [4.69, 9.17) is 4.74 Å². The van der Waals surface area contributed by atoms with Crippen LogP contribution < -0.4 is 4.74 Å². The van der Waals surface area contributed by atoms with Gasteiger partial charge in [0.15, 0.2) is 0 Å². The number of hydrogen-bond acceptors (Lipinski definition) is 5. The fourth-order valence-corrected chi connectivity index (χ4v) is 6.43. The van der Waals surface area contributed by atoms with Gasteiger partial charge in [0.2, 0.25) is 10.0 Å². The lowest BCUT2D eigenvalue weighted by Crippen LogP contribution is -2.42. The molecule has 0 spiro atoms. The van der Waals surface area contributed by atoms with Gasteiger partial charge in [-0.25, -0.2) is 8.42 Å². The van der Waals surface area contributed by atoms with E-state index in [2.05, 4.69) is 18.7 Å². The molecule has 0 N–H and O–H groups in total. The van der Waals surface area contributed by atoms with Crippen molar-refractivity contribution >= 4 is 15.9 Å². The van der Waals surface area contributed by atoms with Crippen LogP contribution in [0.25, 0.3) is 0 Å². The molecule has 2 heterocycles. The maximum Gasteiger partial charge on any atom is 0.253 e. The molecule has 1 aromatic carbocycles. The van der Waals surface area contributed by atoms with Crippen molar-refractivity contribution in [3.05, 3.63) is 23.8 Å².